The van der Waals surface area contributed by atoms with Crippen LogP contribution in [0.4, 0.5) is 0 Å². The van der Waals surface area contributed by atoms with E-state index in [1.54, 1.807) is 0 Å². The maximum absolute atomic E-state index is 9.02. The fourth-order valence-corrected chi connectivity index (χ4v) is 6.35. The van der Waals surface area contributed by atoms with Gasteiger partial charge in [-0.05, 0) is 58.6 Å². The summed E-state index contributed by atoms with van der Waals surface area (Å²) in [5, 5.41) is 1.23. The lowest BCUT2D eigenvalue weighted by atomic mass is 9.99. The molecule has 9 rings (SSSR count). The van der Waals surface area contributed by atoms with Crippen LogP contribution in [0.15, 0.2) is 182 Å². The zero-order valence-corrected chi connectivity index (χ0v) is 26.3. The molecule has 7 aromatic carbocycles. The fourth-order valence-electron chi connectivity index (χ4n) is 6.35. The van der Waals surface area contributed by atoms with Crippen molar-refractivity contribution in [2.75, 3.05) is 0 Å². The van der Waals surface area contributed by atoms with Gasteiger partial charge in [-0.1, -0.05) is 146 Å². The van der Waals surface area contributed by atoms with Crippen LogP contribution < -0.4 is 0 Å². The number of benzene rings is 7. The van der Waals surface area contributed by atoms with Crippen molar-refractivity contribution in [3.63, 3.8) is 0 Å². The first-order valence-electron chi connectivity index (χ1n) is 18.1. The van der Waals surface area contributed by atoms with Crippen molar-refractivity contribution in [1.82, 2.24) is 19.5 Å². The lowest BCUT2D eigenvalue weighted by Gasteiger charge is -2.11. The van der Waals surface area contributed by atoms with Crippen molar-refractivity contribution < 1.29 is 5.48 Å². The predicted molar refractivity (Wildman–Crippen MR) is 201 cm³/mol. The number of rotatable bonds is 6. The minimum absolute atomic E-state index is 0.0617. The molecule has 4 heteroatoms. The van der Waals surface area contributed by atoms with E-state index in [0.29, 0.717) is 28.4 Å². The molecule has 49 heavy (non-hydrogen) atoms. The monoisotopic (exact) mass is 630 g/mol. The minimum Gasteiger partial charge on any atom is -0.309 e. The molecule has 2 heterocycles. The zero-order chi connectivity index (χ0) is 36.1. The van der Waals surface area contributed by atoms with E-state index in [4.69, 9.17) is 20.4 Å². The second kappa shape index (κ2) is 12.2. The van der Waals surface area contributed by atoms with Crippen LogP contribution in [0.25, 0.3) is 83.9 Å². The van der Waals surface area contributed by atoms with E-state index in [9.17, 15) is 0 Å². The van der Waals surface area contributed by atoms with Crippen molar-refractivity contribution in [2.24, 2.45) is 0 Å². The Labute approximate surface area is 290 Å². The Hall–Kier alpha value is -6.65. The van der Waals surface area contributed by atoms with Crippen LogP contribution in [0.2, 0.25) is 0 Å². The van der Waals surface area contributed by atoms with E-state index in [-0.39, 0.29) is 24.2 Å². The molecule has 9 aromatic rings. The summed E-state index contributed by atoms with van der Waals surface area (Å²) in [6.45, 7) is 0. The number of aromatic nitrogens is 4. The van der Waals surface area contributed by atoms with Crippen molar-refractivity contribution in [1.29, 1.82) is 0 Å². The molecule has 0 aliphatic carbocycles. The molecule has 0 N–H and O–H groups in total. The first-order valence-corrected chi connectivity index (χ1v) is 16.1. The molecule has 0 saturated carbocycles. The molecular weight excluding hydrogens is 597 g/mol. The van der Waals surface area contributed by atoms with E-state index < -0.39 is 0 Å². The number of hydrogen-bond donors (Lipinski definition) is 0. The first-order chi connectivity index (χ1) is 25.9. The molecule has 0 spiro atoms. The maximum atomic E-state index is 9.02. The van der Waals surface area contributed by atoms with E-state index in [2.05, 4.69) is 42.5 Å². The molecule has 0 unspecified atom stereocenters. The summed E-state index contributed by atoms with van der Waals surface area (Å²) in [5.74, 6) is 1.66. The fraction of sp³-hybridized carbons (Fsp3) is 0. The lowest BCUT2D eigenvalue weighted by molar-refractivity contribution is 1.07. The molecule has 0 atom stereocenters. The van der Waals surface area contributed by atoms with Crippen LogP contribution in [0.1, 0.15) is 5.48 Å². The van der Waals surface area contributed by atoms with Gasteiger partial charge in [0, 0.05) is 33.2 Å². The van der Waals surface area contributed by atoms with Crippen molar-refractivity contribution in [3.8, 4) is 62.1 Å². The van der Waals surface area contributed by atoms with Crippen LogP contribution >= 0.6 is 0 Å². The van der Waals surface area contributed by atoms with Crippen LogP contribution in [0, 0.1) is 0 Å². The smallest absolute Gasteiger partial charge is 0.164 e. The molecule has 0 amide bonds. The van der Waals surface area contributed by atoms with Gasteiger partial charge in [0.25, 0.3) is 0 Å². The Morgan fingerprint density at radius 1 is 0.367 bits per heavy atom. The maximum Gasteiger partial charge on any atom is 0.164 e. The molecule has 0 bridgehead atoms. The van der Waals surface area contributed by atoms with Gasteiger partial charge in [0.1, 0.15) is 0 Å². The normalized spacial score (nSPS) is 12.4. The summed E-state index contributed by atoms with van der Waals surface area (Å²) in [6.07, 6.45) is 0. The summed E-state index contributed by atoms with van der Waals surface area (Å²) >= 11 is 0. The van der Waals surface area contributed by atoms with Gasteiger partial charge in [0.15, 0.2) is 17.5 Å². The van der Waals surface area contributed by atoms with Gasteiger partial charge in [-0.2, -0.15) is 0 Å². The van der Waals surface area contributed by atoms with Gasteiger partial charge in [-0.15, -0.1) is 0 Å². The molecule has 0 aliphatic rings. The van der Waals surface area contributed by atoms with E-state index >= 15 is 0 Å². The zero-order valence-electron chi connectivity index (χ0n) is 30.3. The van der Waals surface area contributed by atoms with Crippen LogP contribution in [-0.4, -0.2) is 19.5 Å². The minimum atomic E-state index is -0.271. The summed E-state index contributed by atoms with van der Waals surface area (Å²) in [5.41, 5.74) is 8.77. The molecular formula is C45H30N4. The van der Waals surface area contributed by atoms with E-state index in [1.165, 1.54) is 0 Å². The van der Waals surface area contributed by atoms with Crippen LogP contribution in [0.3, 0.4) is 0 Å². The highest BCUT2D eigenvalue weighted by molar-refractivity contribution is 6.10. The quantitative estimate of drug-likeness (QED) is 0.184. The SMILES string of the molecule is [2H]c1c([2H])c([2H])c2c(c1[2H])c1ccc(-c3ccc(-c4ccccc4)cc3)cc1n2-c1ccc(-c2nc(-c3ccccc3)nc(-c3ccccc3)n2)cc1. The summed E-state index contributed by atoms with van der Waals surface area (Å²) in [6, 6.07) is 51.5. The Bertz CT molecular complexity index is 2730. The number of nitrogens with zero attached hydrogens (tertiary/aromatic N) is 4. The first kappa shape index (κ1) is 24.5. The van der Waals surface area contributed by atoms with Gasteiger partial charge < -0.3 is 4.57 Å². The van der Waals surface area contributed by atoms with Gasteiger partial charge in [-0.25, -0.2) is 15.0 Å². The van der Waals surface area contributed by atoms with E-state index in [0.717, 1.165) is 55.5 Å². The van der Waals surface area contributed by atoms with Crippen molar-refractivity contribution in [3.05, 3.63) is 182 Å². The van der Waals surface area contributed by atoms with Crippen molar-refractivity contribution in [2.45, 2.75) is 0 Å². The van der Waals surface area contributed by atoms with E-state index in [1.807, 2.05) is 120 Å². The standard InChI is InChI=1S/C45H30N4/c1-4-12-31(13-5-1)32-20-22-33(23-21-32)37-26-29-40-39-18-10-11-19-41(39)49(42(40)30-37)38-27-24-36(25-28-38)45-47-43(34-14-6-2-7-15-34)46-44(48-45)35-16-8-3-9-17-35/h1-30H/i10D,11D,18D,19D. The summed E-state index contributed by atoms with van der Waals surface area (Å²) in [4.78, 5) is 14.6. The summed E-state index contributed by atoms with van der Waals surface area (Å²) < 4.78 is 36.9. The largest absolute Gasteiger partial charge is 0.309 e. The molecule has 230 valence electrons. The van der Waals surface area contributed by atoms with Gasteiger partial charge in [-0.3, -0.25) is 0 Å². The average molecular weight is 631 g/mol. The second-order valence-corrected chi connectivity index (χ2v) is 11.8. The Kier molecular flexibility index (Phi) is 6.09. The van der Waals surface area contributed by atoms with Gasteiger partial charge in [0.05, 0.1) is 16.5 Å². The Balaban J connectivity index is 1.19. The molecule has 0 aliphatic heterocycles. The highest BCUT2D eigenvalue weighted by Gasteiger charge is 2.15. The third-order valence-corrected chi connectivity index (χ3v) is 8.81. The lowest BCUT2D eigenvalue weighted by Crippen LogP contribution is -2.00. The number of hydrogen-bond acceptors (Lipinski definition) is 3. The second-order valence-electron chi connectivity index (χ2n) is 11.8. The predicted octanol–water partition coefficient (Wildman–Crippen LogP) is 11.3. The number of para-hydroxylation sites is 1. The number of fused-ring (bicyclic) bond motifs is 3. The van der Waals surface area contributed by atoms with Gasteiger partial charge >= 0.3 is 0 Å². The highest BCUT2D eigenvalue weighted by Crippen LogP contribution is 2.36. The van der Waals surface area contributed by atoms with Crippen LogP contribution in [0.5, 0.6) is 0 Å². The average Bonchev–Trinajstić information content (AvgIpc) is 3.58. The van der Waals surface area contributed by atoms with Gasteiger partial charge in [0.2, 0.25) is 0 Å². The molecule has 4 nitrogen and oxygen atoms in total. The highest BCUT2D eigenvalue weighted by atomic mass is 15.0. The Morgan fingerprint density at radius 3 is 1.37 bits per heavy atom. The van der Waals surface area contributed by atoms with Crippen molar-refractivity contribution >= 4 is 21.8 Å². The summed E-state index contributed by atoms with van der Waals surface area (Å²) in [7, 11) is 0. The molecule has 0 fully saturated rings. The molecule has 0 radical (unpaired) electrons. The van der Waals surface area contributed by atoms with Crippen LogP contribution in [-0.2, 0) is 0 Å². The third kappa shape index (κ3) is 5.35. The molecule has 2 aromatic heterocycles. The topological polar surface area (TPSA) is 43.6 Å². The Morgan fingerprint density at radius 2 is 0.796 bits per heavy atom. The third-order valence-electron chi connectivity index (χ3n) is 8.81. The molecule has 0 saturated heterocycles.